The lowest BCUT2D eigenvalue weighted by atomic mass is 9.71. The number of Topliss-reactive ketones (excluding diaryl/α,β-unsaturated/α-hetero) is 2. The Kier molecular flexibility index (Phi) is 6.53. The molecule has 6 nitrogen and oxygen atoms in total. The van der Waals surface area contributed by atoms with E-state index in [4.69, 9.17) is 0 Å². The molecule has 0 radical (unpaired) electrons. The van der Waals surface area contributed by atoms with Crippen molar-refractivity contribution in [3.8, 4) is 0 Å². The zero-order valence-corrected chi connectivity index (χ0v) is 17.9. The Bertz CT molecular complexity index is 1140. The van der Waals surface area contributed by atoms with E-state index in [1.807, 2.05) is 13.8 Å². The third-order valence-corrected chi connectivity index (χ3v) is 5.82. The molecule has 0 spiro atoms. The molecule has 0 amide bonds. The van der Waals surface area contributed by atoms with E-state index in [0.717, 1.165) is 36.1 Å². The molecule has 1 unspecified atom stereocenters. The van der Waals surface area contributed by atoms with Gasteiger partial charge in [-0.15, -0.1) is 0 Å². The molecule has 0 fully saturated rings. The highest BCUT2D eigenvalue weighted by Gasteiger charge is 2.47. The van der Waals surface area contributed by atoms with E-state index in [0.29, 0.717) is 0 Å². The Hall–Kier alpha value is -3.80. The maximum atomic E-state index is 13.3. The Morgan fingerprint density at radius 3 is 1.72 bits per heavy atom. The summed E-state index contributed by atoms with van der Waals surface area (Å²) < 4.78 is 0. The number of aryl methyl sites for hydroxylation is 2. The molecular weight excluding hydrogens is 408 g/mol. The molecular formula is C26H24O6. The van der Waals surface area contributed by atoms with Crippen LogP contribution >= 0.6 is 0 Å². The van der Waals surface area contributed by atoms with Gasteiger partial charge in [-0.25, -0.2) is 4.79 Å². The lowest BCUT2D eigenvalue weighted by Gasteiger charge is -2.28. The molecule has 1 atom stereocenters. The number of ketones is 2. The first kappa shape index (κ1) is 22.9. The summed E-state index contributed by atoms with van der Waals surface area (Å²) in [5.41, 5.74) is -0.271. The van der Waals surface area contributed by atoms with E-state index in [9.17, 15) is 29.4 Å². The minimum Gasteiger partial charge on any atom is -0.480 e. The van der Waals surface area contributed by atoms with Crippen molar-refractivity contribution in [2.45, 2.75) is 33.1 Å². The van der Waals surface area contributed by atoms with E-state index in [2.05, 4.69) is 0 Å². The van der Waals surface area contributed by atoms with Crippen LogP contribution < -0.4 is 0 Å². The van der Waals surface area contributed by atoms with Crippen LogP contribution in [0.3, 0.4) is 0 Å². The normalized spacial score (nSPS) is 17.8. The quantitative estimate of drug-likeness (QED) is 0.476. The maximum Gasteiger partial charge on any atom is 0.336 e. The summed E-state index contributed by atoms with van der Waals surface area (Å²) in [5, 5.41) is 19.6. The van der Waals surface area contributed by atoms with Gasteiger partial charge in [0.15, 0.2) is 17.0 Å². The summed E-state index contributed by atoms with van der Waals surface area (Å²) in [4.78, 5) is 50.6. The maximum absolute atomic E-state index is 13.3. The first-order chi connectivity index (χ1) is 15.2. The number of carboxylic acids is 2. The first-order valence-corrected chi connectivity index (χ1v) is 10.4. The van der Waals surface area contributed by atoms with Gasteiger partial charge in [-0.3, -0.25) is 14.4 Å². The number of aliphatic carboxylic acids is 2. The minimum atomic E-state index is -2.07. The number of carbonyl (C=O) groups is 4. The van der Waals surface area contributed by atoms with Crippen LogP contribution in [0.15, 0.2) is 71.8 Å². The average Bonchev–Trinajstić information content (AvgIpc) is 2.82. The summed E-state index contributed by atoms with van der Waals surface area (Å²) in [6.45, 7) is 3.92. The van der Waals surface area contributed by atoms with Gasteiger partial charge in [0.1, 0.15) is 0 Å². The van der Waals surface area contributed by atoms with Crippen molar-refractivity contribution in [3.63, 3.8) is 0 Å². The van der Waals surface area contributed by atoms with Crippen molar-refractivity contribution in [1.82, 2.24) is 0 Å². The van der Waals surface area contributed by atoms with Crippen molar-refractivity contribution >= 4 is 23.5 Å². The molecule has 0 saturated heterocycles. The lowest BCUT2D eigenvalue weighted by Crippen LogP contribution is -2.40. The number of carboxylic acid groups (broad SMARTS) is 2. The van der Waals surface area contributed by atoms with Gasteiger partial charge in [0.2, 0.25) is 0 Å². The van der Waals surface area contributed by atoms with Crippen molar-refractivity contribution in [2.75, 3.05) is 0 Å². The second-order valence-electron chi connectivity index (χ2n) is 7.72. The molecule has 2 aromatic carbocycles. The van der Waals surface area contributed by atoms with Gasteiger partial charge in [-0.1, -0.05) is 68.5 Å². The fourth-order valence-electron chi connectivity index (χ4n) is 3.75. The number of carbonyl (C=O) groups excluding carboxylic acids is 2. The molecule has 3 rings (SSSR count). The average molecular weight is 432 g/mol. The van der Waals surface area contributed by atoms with E-state index in [-0.39, 0.29) is 28.7 Å². The molecule has 0 aromatic heterocycles. The molecule has 32 heavy (non-hydrogen) atoms. The molecule has 0 saturated carbocycles. The van der Waals surface area contributed by atoms with Gasteiger partial charge < -0.3 is 10.2 Å². The van der Waals surface area contributed by atoms with Gasteiger partial charge in [-0.05, 0) is 36.5 Å². The first-order valence-electron chi connectivity index (χ1n) is 10.4. The van der Waals surface area contributed by atoms with E-state index < -0.39 is 28.9 Å². The van der Waals surface area contributed by atoms with Gasteiger partial charge in [0.25, 0.3) is 0 Å². The second kappa shape index (κ2) is 9.14. The minimum absolute atomic E-state index is 0.187. The molecule has 2 aromatic rings. The molecule has 2 N–H and O–H groups in total. The molecule has 0 heterocycles. The zero-order chi connectivity index (χ0) is 23.5. The van der Waals surface area contributed by atoms with Crippen LogP contribution in [-0.2, 0) is 22.4 Å². The molecule has 0 bridgehead atoms. The van der Waals surface area contributed by atoms with Crippen molar-refractivity contribution in [3.05, 3.63) is 94.1 Å². The summed E-state index contributed by atoms with van der Waals surface area (Å²) >= 11 is 0. The number of allylic oxidation sites excluding steroid dienone is 1. The summed E-state index contributed by atoms with van der Waals surface area (Å²) in [7, 11) is 0. The third kappa shape index (κ3) is 4.17. The predicted octanol–water partition coefficient (Wildman–Crippen LogP) is 4.29. The molecule has 1 aliphatic carbocycles. The highest BCUT2D eigenvalue weighted by molar-refractivity contribution is 6.21. The van der Waals surface area contributed by atoms with E-state index in [1.54, 1.807) is 48.5 Å². The monoisotopic (exact) mass is 432 g/mol. The molecule has 164 valence electrons. The zero-order valence-electron chi connectivity index (χ0n) is 17.9. The van der Waals surface area contributed by atoms with E-state index >= 15 is 0 Å². The van der Waals surface area contributed by atoms with Crippen LogP contribution in [0.2, 0.25) is 0 Å². The van der Waals surface area contributed by atoms with Crippen molar-refractivity contribution < 1.29 is 29.4 Å². The van der Waals surface area contributed by atoms with Gasteiger partial charge in [0.05, 0.1) is 5.57 Å². The van der Waals surface area contributed by atoms with Gasteiger partial charge in [-0.2, -0.15) is 0 Å². The van der Waals surface area contributed by atoms with Crippen LogP contribution in [0.1, 0.15) is 52.1 Å². The topological polar surface area (TPSA) is 109 Å². The standard InChI is InChI=1S/C26H24O6/c1-3-16-5-9-18(10-6-16)22(27)21-15-26(25(31)32,14-13-20(21)24(29)30)23(28)19-11-7-17(4-2)8-12-19/h5-13,15H,3-4,14H2,1-2H3,(H,29,30)(H,31,32). The Labute approximate surface area is 185 Å². The van der Waals surface area contributed by atoms with Crippen LogP contribution in [0.5, 0.6) is 0 Å². The van der Waals surface area contributed by atoms with Crippen LogP contribution in [0.4, 0.5) is 0 Å². The van der Waals surface area contributed by atoms with Crippen LogP contribution in [0.25, 0.3) is 0 Å². The Morgan fingerprint density at radius 1 is 0.781 bits per heavy atom. The highest BCUT2D eigenvalue weighted by Crippen LogP contribution is 2.38. The number of benzene rings is 2. The Balaban J connectivity index is 2.11. The second-order valence-corrected chi connectivity index (χ2v) is 7.72. The summed E-state index contributed by atoms with van der Waals surface area (Å²) in [5.74, 6) is -4.12. The molecule has 1 aliphatic rings. The fourth-order valence-corrected chi connectivity index (χ4v) is 3.75. The Morgan fingerprint density at radius 2 is 1.28 bits per heavy atom. The lowest BCUT2D eigenvalue weighted by molar-refractivity contribution is -0.143. The van der Waals surface area contributed by atoms with Gasteiger partial charge >= 0.3 is 11.9 Å². The molecule has 0 aliphatic heterocycles. The van der Waals surface area contributed by atoms with Crippen molar-refractivity contribution in [1.29, 1.82) is 0 Å². The van der Waals surface area contributed by atoms with Crippen molar-refractivity contribution in [2.24, 2.45) is 5.41 Å². The molecule has 6 heteroatoms. The number of hydrogen-bond donors (Lipinski definition) is 2. The number of rotatable bonds is 8. The number of hydrogen-bond acceptors (Lipinski definition) is 4. The summed E-state index contributed by atoms with van der Waals surface area (Å²) in [6.07, 6.45) is 3.35. The predicted molar refractivity (Wildman–Crippen MR) is 119 cm³/mol. The summed E-state index contributed by atoms with van der Waals surface area (Å²) in [6, 6.07) is 13.3. The van der Waals surface area contributed by atoms with E-state index in [1.165, 1.54) is 0 Å². The SMILES string of the molecule is CCc1ccc(C(=O)C2=CC(C(=O)O)(C(=O)c3ccc(CC)cc3)CC=C2C(=O)O)cc1. The smallest absolute Gasteiger partial charge is 0.336 e. The largest absolute Gasteiger partial charge is 0.480 e. The van der Waals surface area contributed by atoms with Crippen LogP contribution in [-0.4, -0.2) is 33.7 Å². The highest BCUT2D eigenvalue weighted by atomic mass is 16.4. The van der Waals surface area contributed by atoms with Crippen LogP contribution in [0, 0.1) is 5.41 Å². The van der Waals surface area contributed by atoms with Gasteiger partial charge in [0, 0.05) is 16.7 Å². The fraction of sp³-hybridized carbons (Fsp3) is 0.231. The third-order valence-electron chi connectivity index (χ3n) is 5.82.